The Kier molecular flexibility index (Phi) is 8.75. The van der Waals surface area contributed by atoms with E-state index in [0.29, 0.717) is 19.8 Å². The van der Waals surface area contributed by atoms with Gasteiger partial charge in [0.2, 0.25) is 0 Å². The van der Waals surface area contributed by atoms with Crippen molar-refractivity contribution >= 4 is 6.16 Å². The quantitative estimate of drug-likeness (QED) is 0.407. The normalized spacial score (nSPS) is 11.5. The summed E-state index contributed by atoms with van der Waals surface area (Å²) in [6.07, 6.45) is -1.53. The lowest BCUT2D eigenvalue weighted by Crippen LogP contribution is -2.95. The Balaban J connectivity index is 3.06. The summed E-state index contributed by atoms with van der Waals surface area (Å²) in [5.41, 5.74) is 0.224. The van der Waals surface area contributed by atoms with E-state index < -0.39 is 6.16 Å². The van der Waals surface area contributed by atoms with Gasteiger partial charge < -0.3 is 29.4 Å². The van der Waals surface area contributed by atoms with Gasteiger partial charge in [0.15, 0.2) is 0 Å². The van der Waals surface area contributed by atoms with E-state index in [1.165, 1.54) is 0 Å². The van der Waals surface area contributed by atoms with Gasteiger partial charge in [0.05, 0.1) is 45.1 Å². The van der Waals surface area contributed by atoms with Gasteiger partial charge in [-0.2, -0.15) is 0 Å². The van der Waals surface area contributed by atoms with Crippen LogP contribution in [0.4, 0.5) is 4.79 Å². The molecular weight excluding hydrogens is 226 g/mol. The first-order valence-corrected chi connectivity index (χ1v) is 5.75. The summed E-state index contributed by atoms with van der Waals surface area (Å²) < 4.78 is 14.6. The van der Waals surface area contributed by atoms with Crippen LogP contribution in [0.5, 0.6) is 0 Å². The molecule has 0 atom stereocenters. The number of nitrogens with two attached hydrogens (primary N) is 1. The minimum atomic E-state index is -1.53. The molecule has 0 aromatic heterocycles. The summed E-state index contributed by atoms with van der Waals surface area (Å²) in [6.45, 7) is 9.20. The van der Waals surface area contributed by atoms with Gasteiger partial charge >= 0.3 is 0 Å². The van der Waals surface area contributed by atoms with Gasteiger partial charge in [0, 0.05) is 0 Å². The van der Waals surface area contributed by atoms with Crippen molar-refractivity contribution in [2.75, 3.05) is 39.6 Å². The van der Waals surface area contributed by atoms with E-state index in [1.807, 2.05) is 0 Å². The Hall–Kier alpha value is -0.850. The average Bonchev–Trinajstić information content (AvgIpc) is 2.18. The Morgan fingerprint density at radius 2 is 1.59 bits per heavy atom. The molecule has 0 spiro atoms. The second kappa shape index (κ2) is 9.21. The van der Waals surface area contributed by atoms with Crippen molar-refractivity contribution in [2.45, 2.75) is 26.3 Å². The summed E-state index contributed by atoms with van der Waals surface area (Å²) in [5.74, 6) is 0. The van der Waals surface area contributed by atoms with Crippen molar-refractivity contribution < 1.29 is 29.4 Å². The standard InChI is InChI=1S/C11H23NO5/c1-11(2,3)12-4-5-15-6-7-16-8-9-17-10(13)14/h12H,4-9H2,1-3H3,(H,13,14). The summed E-state index contributed by atoms with van der Waals surface area (Å²) in [5, 5.41) is 12.1. The highest BCUT2D eigenvalue weighted by Crippen LogP contribution is 1.87. The zero-order chi connectivity index (χ0) is 13.1. The van der Waals surface area contributed by atoms with Crippen molar-refractivity contribution in [2.24, 2.45) is 0 Å². The number of carbonyl (C=O) groups excluding carboxylic acids is 1. The molecule has 0 amide bonds. The molecule has 102 valence electrons. The maximum absolute atomic E-state index is 9.87. The highest BCUT2D eigenvalue weighted by molar-refractivity contribution is 5.53. The van der Waals surface area contributed by atoms with Crippen LogP contribution in [0.2, 0.25) is 0 Å². The molecule has 6 heteroatoms. The minimum absolute atomic E-state index is 0.000134. The molecule has 2 N–H and O–H groups in total. The van der Waals surface area contributed by atoms with E-state index in [4.69, 9.17) is 9.47 Å². The maximum atomic E-state index is 9.87. The zero-order valence-electron chi connectivity index (χ0n) is 10.9. The maximum Gasteiger partial charge on any atom is 0.252 e. The molecule has 0 aromatic rings. The largest absolute Gasteiger partial charge is 0.547 e. The summed E-state index contributed by atoms with van der Waals surface area (Å²) >= 11 is 0. The van der Waals surface area contributed by atoms with Crippen LogP contribution >= 0.6 is 0 Å². The van der Waals surface area contributed by atoms with Gasteiger partial charge in [-0.3, -0.25) is 0 Å². The number of carboxylic acid groups (broad SMARTS) is 1. The van der Waals surface area contributed by atoms with Gasteiger partial charge in [-0.05, 0) is 20.8 Å². The summed E-state index contributed by atoms with van der Waals surface area (Å²) in [4.78, 5) is 9.87. The number of carbonyl (C=O) groups is 1. The Morgan fingerprint density at radius 3 is 2.12 bits per heavy atom. The highest BCUT2D eigenvalue weighted by atomic mass is 16.7. The van der Waals surface area contributed by atoms with Crippen molar-refractivity contribution in [3.8, 4) is 0 Å². The molecule has 0 aliphatic heterocycles. The molecular formula is C11H23NO5. The van der Waals surface area contributed by atoms with Gasteiger partial charge in [-0.1, -0.05) is 0 Å². The van der Waals surface area contributed by atoms with Crippen LogP contribution in [0.25, 0.3) is 0 Å². The van der Waals surface area contributed by atoms with Crippen LogP contribution in [0.15, 0.2) is 0 Å². The number of quaternary nitrogens is 1. The first-order chi connectivity index (χ1) is 7.92. The van der Waals surface area contributed by atoms with Gasteiger partial charge in [0.25, 0.3) is 6.16 Å². The molecule has 6 nitrogen and oxygen atoms in total. The van der Waals surface area contributed by atoms with E-state index in [1.54, 1.807) is 0 Å². The first-order valence-electron chi connectivity index (χ1n) is 5.75. The second-order valence-corrected chi connectivity index (χ2v) is 4.68. The lowest BCUT2D eigenvalue weighted by Gasteiger charge is -2.16. The first kappa shape index (κ1) is 16.1. The molecule has 0 bridgehead atoms. The lowest BCUT2D eigenvalue weighted by atomic mass is 10.1. The zero-order valence-corrected chi connectivity index (χ0v) is 10.9. The smallest absolute Gasteiger partial charge is 0.252 e. The van der Waals surface area contributed by atoms with Crippen molar-refractivity contribution in [3.05, 3.63) is 0 Å². The number of hydrogen-bond acceptors (Lipinski definition) is 5. The molecule has 0 saturated carbocycles. The van der Waals surface area contributed by atoms with Crippen molar-refractivity contribution in [1.82, 2.24) is 0 Å². The average molecular weight is 249 g/mol. The molecule has 0 heterocycles. The van der Waals surface area contributed by atoms with Crippen molar-refractivity contribution in [1.29, 1.82) is 0 Å². The molecule has 0 aliphatic rings. The fourth-order valence-corrected chi connectivity index (χ4v) is 1.08. The Bertz CT molecular complexity index is 203. The fraction of sp³-hybridized carbons (Fsp3) is 0.909. The summed E-state index contributed by atoms with van der Waals surface area (Å²) in [7, 11) is 0. The van der Waals surface area contributed by atoms with E-state index in [-0.39, 0.29) is 18.8 Å². The third-order valence-corrected chi connectivity index (χ3v) is 1.84. The van der Waals surface area contributed by atoms with E-state index in [0.717, 1.165) is 6.54 Å². The number of hydrogen-bond donors (Lipinski definition) is 1. The fourth-order valence-electron chi connectivity index (χ4n) is 1.08. The molecule has 17 heavy (non-hydrogen) atoms. The van der Waals surface area contributed by atoms with Gasteiger partial charge in [-0.25, -0.2) is 0 Å². The van der Waals surface area contributed by atoms with E-state index >= 15 is 0 Å². The van der Waals surface area contributed by atoms with Crippen LogP contribution in [0.3, 0.4) is 0 Å². The molecule has 0 saturated heterocycles. The number of rotatable bonds is 9. The molecule has 0 aliphatic carbocycles. The lowest BCUT2D eigenvalue weighted by molar-refractivity contribution is -0.718. The summed E-state index contributed by atoms with van der Waals surface area (Å²) in [6, 6.07) is 0. The topological polar surface area (TPSA) is 84.4 Å². The third kappa shape index (κ3) is 15.1. The Labute approximate surface area is 102 Å². The molecule has 0 fully saturated rings. The second-order valence-electron chi connectivity index (χ2n) is 4.68. The van der Waals surface area contributed by atoms with Crippen LogP contribution < -0.4 is 10.4 Å². The van der Waals surface area contributed by atoms with Gasteiger partial charge in [-0.15, -0.1) is 0 Å². The molecule has 0 unspecified atom stereocenters. The highest BCUT2D eigenvalue weighted by Gasteiger charge is 2.11. The van der Waals surface area contributed by atoms with Crippen LogP contribution in [0.1, 0.15) is 20.8 Å². The molecule has 0 aromatic carbocycles. The van der Waals surface area contributed by atoms with E-state index in [9.17, 15) is 9.90 Å². The van der Waals surface area contributed by atoms with Crippen molar-refractivity contribution in [3.63, 3.8) is 0 Å². The predicted octanol–water partition coefficient (Wildman–Crippen LogP) is -1.26. The SMILES string of the molecule is CC(C)(C)[NH2+]CCOCCOCCOC(=O)[O-]. The van der Waals surface area contributed by atoms with Gasteiger partial charge in [0.1, 0.15) is 0 Å². The van der Waals surface area contributed by atoms with Crippen LogP contribution in [0, 0.1) is 0 Å². The monoisotopic (exact) mass is 249 g/mol. The Morgan fingerprint density at radius 1 is 1.06 bits per heavy atom. The van der Waals surface area contributed by atoms with Crippen LogP contribution in [-0.4, -0.2) is 51.3 Å². The molecule has 0 radical (unpaired) electrons. The molecule has 0 rings (SSSR count). The number of ether oxygens (including phenoxy) is 3. The minimum Gasteiger partial charge on any atom is -0.547 e. The predicted molar refractivity (Wildman–Crippen MR) is 59.5 cm³/mol. The van der Waals surface area contributed by atoms with Crippen LogP contribution in [-0.2, 0) is 14.2 Å². The van der Waals surface area contributed by atoms with E-state index in [2.05, 4.69) is 30.8 Å². The third-order valence-electron chi connectivity index (χ3n) is 1.84.